The number of nitrogens with one attached hydrogen (secondary N) is 1. The Kier molecular flexibility index (Phi) is 6.94. The van der Waals surface area contributed by atoms with Crippen LogP contribution in [0.2, 0.25) is 0 Å². The summed E-state index contributed by atoms with van der Waals surface area (Å²) in [6.07, 6.45) is 2.86. The lowest BCUT2D eigenvalue weighted by Gasteiger charge is -1.99. The molecule has 0 aromatic heterocycles. The number of rotatable bonds is 7. The maximum absolute atomic E-state index is 6.62. The molecule has 0 saturated carbocycles. The summed E-state index contributed by atoms with van der Waals surface area (Å²) >= 11 is 0. The summed E-state index contributed by atoms with van der Waals surface area (Å²) in [7, 11) is 0. The summed E-state index contributed by atoms with van der Waals surface area (Å²) in [5, 5.41) is 3.22. The number of hydrogen-bond donors (Lipinski definition) is 1. The van der Waals surface area contributed by atoms with Crippen LogP contribution in [0.25, 0.3) is 0 Å². The summed E-state index contributed by atoms with van der Waals surface area (Å²) in [6.45, 7) is 7.17. The smallest absolute Gasteiger partial charge is 0.0552 e. The van der Waals surface area contributed by atoms with Gasteiger partial charge in [0, 0.05) is 13.2 Å². The van der Waals surface area contributed by atoms with Crippen molar-refractivity contribution in [1.29, 1.82) is 5.53 Å². The highest BCUT2D eigenvalue weighted by atomic mass is 16.5. The average molecular weight is 156 g/mol. The number of nitrogens with zero attached hydrogens (tertiary/aromatic N) is 1. The van der Waals surface area contributed by atoms with Crippen LogP contribution in [0.1, 0.15) is 26.2 Å². The Morgan fingerprint density at radius 2 is 2.27 bits per heavy atom. The highest BCUT2D eigenvalue weighted by Crippen LogP contribution is 2.05. The second-order valence-corrected chi connectivity index (χ2v) is 2.33. The van der Waals surface area contributed by atoms with Gasteiger partial charge in [-0.3, -0.25) is 0 Å². The Hall–Kier alpha value is -0.700. The van der Waals surface area contributed by atoms with Gasteiger partial charge >= 0.3 is 0 Å². The first kappa shape index (κ1) is 10.3. The van der Waals surface area contributed by atoms with Crippen LogP contribution in [0.3, 0.4) is 0 Å². The molecule has 0 aromatic carbocycles. The average Bonchev–Trinajstić information content (AvgIpc) is 2.04. The molecule has 0 radical (unpaired) electrons. The molecule has 0 spiro atoms. The fourth-order valence-electron chi connectivity index (χ4n) is 0.733. The lowest BCUT2D eigenvalue weighted by Crippen LogP contribution is -1.92. The molecule has 3 heteroatoms. The van der Waals surface area contributed by atoms with E-state index in [0.29, 0.717) is 5.70 Å². The highest BCUT2D eigenvalue weighted by molar-refractivity contribution is 4.87. The van der Waals surface area contributed by atoms with Crippen LogP contribution in [0.4, 0.5) is 0 Å². The highest BCUT2D eigenvalue weighted by Gasteiger charge is 1.91. The van der Waals surface area contributed by atoms with Gasteiger partial charge in [-0.05, 0) is 26.2 Å². The van der Waals surface area contributed by atoms with Gasteiger partial charge in [0.25, 0.3) is 0 Å². The Morgan fingerprint density at radius 1 is 1.55 bits per heavy atom. The molecule has 0 aliphatic carbocycles. The maximum atomic E-state index is 6.62. The van der Waals surface area contributed by atoms with E-state index in [-0.39, 0.29) is 0 Å². The summed E-state index contributed by atoms with van der Waals surface area (Å²) in [4.78, 5) is 0. The third kappa shape index (κ3) is 7.19. The van der Waals surface area contributed by atoms with Gasteiger partial charge in [-0.2, -0.15) is 5.11 Å². The van der Waals surface area contributed by atoms with E-state index < -0.39 is 0 Å². The van der Waals surface area contributed by atoms with Crippen LogP contribution >= 0.6 is 0 Å². The Morgan fingerprint density at radius 3 is 2.82 bits per heavy atom. The number of unbranched alkanes of at least 4 members (excludes halogenated alkanes) is 1. The van der Waals surface area contributed by atoms with Crippen molar-refractivity contribution in [1.82, 2.24) is 0 Å². The molecule has 0 amide bonds. The lowest BCUT2D eigenvalue weighted by atomic mass is 10.2. The van der Waals surface area contributed by atoms with Crippen LogP contribution in [-0.4, -0.2) is 13.2 Å². The monoisotopic (exact) mass is 156 g/mol. The second-order valence-electron chi connectivity index (χ2n) is 2.33. The molecule has 0 saturated heterocycles. The first-order valence-electron chi connectivity index (χ1n) is 3.94. The second kappa shape index (κ2) is 7.41. The maximum Gasteiger partial charge on any atom is 0.0552 e. The zero-order valence-electron chi connectivity index (χ0n) is 7.10. The quantitative estimate of drug-likeness (QED) is 0.447. The molecule has 0 fully saturated rings. The predicted octanol–water partition coefficient (Wildman–Crippen LogP) is 2.74. The van der Waals surface area contributed by atoms with Gasteiger partial charge in [0.05, 0.1) is 5.70 Å². The van der Waals surface area contributed by atoms with Crippen LogP contribution in [0, 0.1) is 5.53 Å². The van der Waals surface area contributed by atoms with Crippen LogP contribution < -0.4 is 0 Å². The molecule has 0 rings (SSSR count). The fraction of sp³-hybridized carbons (Fsp3) is 0.750. The van der Waals surface area contributed by atoms with Crippen LogP contribution in [0.5, 0.6) is 0 Å². The van der Waals surface area contributed by atoms with E-state index in [2.05, 4.69) is 11.7 Å². The van der Waals surface area contributed by atoms with Gasteiger partial charge in [0.1, 0.15) is 0 Å². The first-order valence-corrected chi connectivity index (χ1v) is 3.94. The van der Waals surface area contributed by atoms with E-state index in [9.17, 15) is 0 Å². The minimum absolute atomic E-state index is 0.654. The lowest BCUT2D eigenvalue weighted by molar-refractivity contribution is 0.143. The third-order valence-electron chi connectivity index (χ3n) is 1.37. The summed E-state index contributed by atoms with van der Waals surface area (Å²) in [6, 6.07) is 0. The van der Waals surface area contributed by atoms with Gasteiger partial charge < -0.3 is 4.74 Å². The number of ether oxygens (including phenoxy) is 1. The zero-order valence-corrected chi connectivity index (χ0v) is 7.10. The minimum Gasteiger partial charge on any atom is -0.382 e. The van der Waals surface area contributed by atoms with Crippen molar-refractivity contribution in [3.8, 4) is 0 Å². The molecule has 0 aliphatic heterocycles. The predicted molar refractivity (Wildman–Crippen MR) is 44.6 cm³/mol. The minimum atomic E-state index is 0.654. The van der Waals surface area contributed by atoms with Gasteiger partial charge in [-0.15, -0.1) is 0 Å². The van der Waals surface area contributed by atoms with Crippen molar-refractivity contribution in [3.63, 3.8) is 0 Å². The Balaban J connectivity index is 3.01. The van der Waals surface area contributed by atoms with Gasteiger partial charge in [-0.1, -0.05) is 6.58 Å². The molecular weight excluding hydrogens is 140 g/mol. The van der Waals surface area contributed by atoms with Crippen molar-refractivity contribution < 1.29 is 4.74 Å². The standard InChI is InChI=1S/C8H16N2O/c1-3-11-7-5-4-6-8(2)10-9/h9H,2-7H2,1H3. The molecule has 0 unspecified atom stereocenters. The molecule has 0 heterocycles. The molecule has 0 aromatic rings. The van der Waals surface area contributed by atoms with Crippen LogP contribution in [-0.2, 0) is 4.74 Å². The molecule has 0 atom stereocenters. The summed E-state index contributed by atoms with van der Waals surface area (Å²) in [5.74, 6) is 0. The van der Waals surface area contributed by atoms with E-state index in [4.69, 9.17) is 10.3 Å². The normalized spacial score (nSPS) is 9.55. The van der Waals surface area contributed by atoms with Crippen LogP contribution in [0.15, 0.2) is 17.4 Å². The molecule has 0 aliphatic rings. The van der Waals surface area contributed by atoms with E-state index in [1.165, 1.54) is 0 Å². The molecule has 1 N–H and O–H groups in total. The topological polar surface area (TPSA) is 45.4 Å². The molecule has 64 valence electrons. The molecular formula is C8H16N2O. The third-order valence-corrected chi connectivity index (χ3v) is 1.37. The van der Waals surface area contributed by atoms with E-state index >= 15 is 0 Å². The van der Waals surface area contributed by atoms with Crippen molar-refractivity contribution in [2.45, 2.75) is 26.2 Å². The van der Waals surface area contributed by atoms with Gasteiger partial charge in [0.2, 0.25) is 0 Å². The van der Waals surface area contributed by atoms with E-state index in [1.807, 2.05) is 6.92 Å². The first-order chi connectivity index (χ1) is 5.31. The Labute approximate surface area is 68.0 Å². The zero-order chi connectivity index (χ0) is 8.53. The van der Waals surface area contributed by atoms with Crippen molar-refractivity contribution >= 4 is 0 Å². The van der Waals surface area contributed by atoms with Crippen molar-refractivity contribution in [2.75, 3.05) is 13.2 Å². The molecule has 0 bridgehead atoms. The summed E-state index contributed by atoms with van der Waals surface area (Å²) < 4.78 is 5.14. The largest absolute Gasteiger partial charge is 0.382 e. The number of hydrogen-bond acceptors (Lipinski definition) is 3. The SMILES string of the molecule is C=C(CCCCOCC)N=N. The number of allylic oxidation sites excluding steroid dienone is 1. The van der Waals surface area contributed by atoms with Gasteiger partial charge in [-0.25, -0.2) is 5.53 Å². The molecule has 11 heavy (non-hydrogen) atoms. The summed E-state index contributed by atoms with van der Waals surface area (Å²) in [5.41, 5.74) is 7.27. The Bertz CT molecular complexity index is 123. The van der Waals surface area contributed by atoms with Crippen molar-refractivity contribution in [3.05, 3.63) is 12.3 Å². The van der Waals surface area contributed by atoms with E-state index in [0.717, 1.165) is 32.5 Å². The fourth-order valence-corrected chi connectivity index (χ4v) is 0.733. The van der Waals surface area contributed by atoms with Crippen molar-refractivity contribution in [2.24, 2.45) is 5.11 Å². The van der Waals surface area contributed by atoms with E-state index in [1.54, 1.807) is 0 Å². The molecule has 3 nitrogen and oxygen atoms in total. The van der Waals surface area contributed by atoms with Gasteiger partial charge in [0.15, 0.2) is 0 Å².